The first-order valence-electron chi connectivity index (χ1n) is 3.36. The molecule has 0 saturated heterocycles. The van der Waals surface area contributed by atoms with Gasteiger partial charge in [0.05, 0.1) is 6.26 Å². The summed E-state index contributed by atoms with van der Waals surface area (Å²) < 4.78 is 5.24. The molecular formula is C9H8CoOV. The molecular weight excluding hydrogens is 234 g/mol. The summed E-state index contributed by atoms with van der Waals surface area (Å²) in [6.07, 6.45) is 4.75. The van der Waals surface area contributed by atoms with Crippen LogP contribution in [-0.4, -0.2) is 0 Å². The first-order chi connectivity index (χ1) is 4.97. The van der Waals surface area contributed by atoms with Gasteiger partial charge >= 0.3 is 0 Å². The predicted octanol–water partition coefficient (Wildman–Crippen LogP) is 2.13. The van der Waals surface area contributed by atoms with Crippen molar-refractivity contribution in [1.82, 2.24) is 0 Å². The Morgan fingerprint density at radius 3 is 2.67 bits per heavy atom. The zero-order chi connectivity index (χ0) is 6.81. The summed E-state index contributed by atoms with van der Waals surface area (Å²) >= 11 is 0. The zero-order valence-electron chi connectivity index (χ0n) is 6.36. The topological polar surface area (TPSA) is 9.23 Å². The Balaban J connectivity index is 0.000000605. The molecule has 3 heteroatoms. The molecule has 0 spiro atoms. The van der Waals surface area contributed by atoms with Gasteiger partial charge in [-0.25, -0.2) is 0 Å². The summed E-state index contributed by atoms with van der Waals surface area (Å²) in [6, 6.07) is 8.08. The minimum Gasteiger partial charge on any atom is -0.465 e. The average molecular weight is 242 g/mol. The number of para-hydroxylation sites is 1. The van der Waals surface area contributed by atoms with E-state index in [1.165, 1.54) is 5.56 Å². The fourth-order valence-electron chi connectivity index (χ4n) is 1.08. The van der Waals surface area contributed by atoms with Crippen LogP contribution in [0.25, 0.3) is 0 Å². The molecule has 2 rings (SSSR count). The van der Waals surface area contributed by atoms with Crippen LogP contribution in [0.2, 0.25) is 0 Å². The van der Waals surface area contributed by atoms with Gasteiger partial charge in [0, 0.05) is 35.3 Å². The number of rotatable bonds is 0. The van der Waals surface area contributed by atoms with Gasteiger partial charge in [-0.2, -0.15) is 0 Å². The van der Waals surface area contributed by atoms with Gasteiger partial charge < -0.3 is 4.74 Å². The fourth-order valence-corrected chi connectivity index (χ4v) is 1.08. The molecule has 1 aromatic rings. The fraction of sp³-hybridized carbons (Fsp3) is 0.111. The number of hydrogen-bond donors (Lipinski definition) is 0. The van der Waals surface area contributed by atoms with Crippen LogP contribution in [0.3, 0.4) is 0 Å². The molecule has 0 saturated carbocycles. The second-order valence-corrected chi connectivity index (χ2v) is 2.30. The standard InChI is InChI=1S/C9H8O.Co.V/c1-2-6-9-8(4-1)5-3-7-10-9;;/h1-4,6-7H,5H2;;. The first kappa shape index (κ1) is 11.9. The number of benzene rings is 1. The molecule has 0 aliphatic carbocycles. The molecule has 1 aliphatic heterocycles. The Labute approximate surface area is 94.3 Å². The predicted molar refractivity (Wildman–Crippen MR) is 39.9 cm³/mol. The Kier molecular flexibility index (Phi) is 5.42. The number of allylic oxidation sites excluding steroid dienone is 1. The second kappa shape index (κ2) is 5.49. The van der Waals surface area contributed by atoms with E-state index in [0.717, 1.165) is 12.2 Å². The molecule has 0 atom stereocenters. The third kappa shape index (κ3) is 2.42. The maximum atomic E-state index is 5.24. The maximum Gasteiger partial charge on any atom is 0.130 e. The van der Waals surface area contributed by atoms with Gasteiger partial charge in [-0.05, 0) is 24.1 Å². The van der Waals surface area contributed by atoms with Crippen LogP contribution < -0.4 is 4.74 Å². The van der Waals surface area contributed by atoms with Gasteiger partial charge in [0.25, 0.3) is 0 Å². The molecule has 1 aromatic carbocycles. The molecule has 1 heterocycles. The van der Waals surface area contributed by atoms with E-state index in [9.17, 15) is 0 Å². The monoisotopic (exact) mass is 242 g/mol. The molecule has 0 aromatic heterocycles. The number of ether oxygens (including phenoxy) is 1. The molecule has 0 fully saturated rings. The van der Waals surface area contributed by atoms with Crippen molar-refractivity contribution in [2.75, 3.05) is 0 Å². The zero-order valence-corrected chi connectivity index (χ0v) is 8.80. The Morgan fingerprint density at radius 1 is 1.17 bits per heavy atom. The number of hydrogen-bond acceptors (Lipinski definition) is 1. The Hall–Kier alpha value is -0.149. The van der Waals surface area contributed by atoms with Gasteiger partial charge in [-0.15, -0.1) is 0 Å². The summed E-state index contributed by atoms with van der Waals surface area (Å²) in [7, 11) is 0. The van der Waals surface area contributed by atoms with E-state index in [0.29, 0.717) is 0 Å². The van der Waals surface area contributed by atoms with Gasteiger partial charge in [0.1, 0.15) is 5.75 Å². The van der Waals surface area contributed by atoms with Crippen molar-refractivity contribution in [3.63, 3.8) is 0 Å². The summed E-state index contributed by atoms with van der Waals surface area (Å²) in [5.41, 5.74) is 1.27. The van der Waals surface area contributed by atoms with E-state index < -0.39 is 0 Å². The molecule has 0 bridgehead atoms. The van der Waals surface area contributed by atoms with Crippen LogP contribution in [0.1, 0.15) is 5.56 Å². The van der Waals surface area contributed by atoms with Crippen molar-refractivity contribution >= 4 is 0 Å². The van der Waals surface area contributed by atoms with E-state index in [-0.39, 0.29) is 35.3 Å². The van der Waals surface area contributed by atoms with E-state index in [1.54, 1.807) is 6.26 Å². The number of fused-ring (bicyclic) bond motifs is 1. The van der Waals surface area contributed by atoms with Crippen molar-refractivity contribution in [2.24, 2.45) is 0 Å². The van der Waals surface area contributed by atoms with Crippen molar-refractivity contribution in [1.29, 1.82) is 0 Å². The maximum absolute atomic E-state index is 5.24. The van der Waals surface area contributed by atoms with E-state index in [2.05, 4.69) is 6.07 Å². The molecule has 2 radical (unpaired) electrons. The quantitative estimate of drug-likeness (QED) is 0.677. The van der Waals surface area contributed by atoms with E-state index >= 15 is 0 Å². The minimum atomic E-state index is 0. The second-order valence-electron chi connectivity index (χ2n) is 2.30. The normalized spacial score (nSPS) is 11.7. The van der Waals surface area contributed by atoms with Crippen molar-refractivity contribution in [3.8, 4) is 5.75 Å². The van der Waals surface area contributed by atoms with Crippen LogP contribution in [0, 0.1) is 0 Å². The van der Waals surface area contributed by atoms with Crippen molar-refractivity contribution < 1.29 is 40.1 Å². The molecule has 0 unspecified atom stereocenters. The Morgan fingerprint density at radius 2 is 1.92 bits per heavy atom. The first-order valence-corrected chi connectivity index (χ1v) is 3.36. The van der Waals surface area contributed by atoms with E-state index in [1.807, 2.05) is 24.3 Å². The summed E-state index contributed by atoms with van der Waals surface area (Å²) in [5, 5.41) is 0. The SMILES string of the molecule is C1=COc2ccccc2C1.[Co].[V]. The van der Waals surface area contributed by atoms with Crippen LogP contribution >= 0.6 is 0 Å². The molecule has 1 nitrogen and oxygen atoms in total. The third-order valence-corrected chi connectivity index (χ3v) is 1.60. The molecule has 1 aliphatic rings. The van der Waals surface area contributed by atoms with Crippen LogP contribution in [0.4, 0.5) is 0 Å². The van der Waals surface area contributed by atoms with Gasteiger partial charge in [0.2, 0.25) is 0 Å². The van der Waals surface area contributed by atoms with Crippen molar-refractivity contribution in [3.05, 3.63) is 42.2 Å². The van der Waals surface area contributed by atoms with Gasteiger partial charge in [0.15, 0.2) is 0 Å². The molecule has 0 amide bonds. The smallest absolute Gasteiger partial charge is 0.130 e. The van der Waals surface area contributed by atoms with Crippen LogP contribution in [0.15, 0.2) is 36.6 Å². The summed E-state index contributed by atoms with van der Waals surface area (Å²) in [5.74, 6) is 0.991. The summed E-state index contributed by atoms with van der Waals surface area (Å²) in [4.78, 5) is 0. The van der Waals surface area contributed by atoms with Gasteiger partial charge in [-0.1, -0.05) is 18.2 Å². The Bertz CT molecular complexity index is 246. The van der Waals surface area contributed by atoms with Crippen molar-refractivity contribution in [2.45, 2.75) is 6.42 Å². The summed E-state index contributed by atoms with van der Waals surface area (Å²) in [6.45, 7) is 0. The third-order valence-electron chi connectivity index (χ3n) is 1.60. The van der Waals surface area contributed by atoms with Crippen LogP contribution in [-0.2, 0) is 41.8 Å². The minimum absolute atomic E-state index is 0. The molecule has 64 valence electrons. The van der Waals surface area contributed by atoms with Crippen LogP contribution in [0.5, 0.6) is 5.75 Å². The molecule has 0 N–H and O–H groups in total. The largest absolute Gasteiger partial charge is 0.465 e. The molecule has 12 heavy (non-hydrogen) atoms. The van der Waals surface area contributed by atoms with Gasteiger partial charge in [-0.3, -0.25) is 0 Å². The average Bonchev–Trinajstić information content (AvgIpc) is 2.05. The van der Waals surface area contributed by atoms with E-state index in [4.69, 9.17) is 4.74 Å².